The van der Waals surface area contributed by atoms with Crippen molar-refractivity contribution in [3.05, 3.63) is 75.3 Å². The minimum absolute atomic E-state index is 0.103. The number of hydrogen-bond acceptors (Lipinski definition) is 5. The lowest BCUT2D eigenvalue weighted by Crippen LogP contribution is -2.12. The van der Waals surface area contributed by atoms with Crippen LogP contribution in [0, 0.1) is 6.92 Å². The van der Waals surface area contributed by atoms with Crippen LogP contribution in [-0.4, -0.2) is 25.6 Å². The minimum Gasteiger partial charge on any atom is -0.298 e. The fourth-order valence-corrected chi connectivity index (χ4v) is 4.14. The molecular weight excluding hydrogens is 404 g/mol. The Morgan fingerprint density at radius 3 is 2.70 bits per heavy atom. The number of amides is 1. The van der Waals surface area contributed by atoms with Crippen molar-refractivity contribution in [2.24, 2.45) is 0 Å². The number of halogens is 1. The Morgan fingerprint density at radius 1 is 1.22 bits per heavy atom. The molecule has 3 aromatic rings. The number of aryl methyl sites for hydroxylation is 1. The molecule has 0 aliphatic heterocycles. The molecule has 0 unspecified atom stereocenters. The van der Waals surface area contributed by atoms with Gasteiger partial charge in [-0.3, -0.25) is 10.1 Å². The SMILES string of the molecule is Cc1ccc(Cc2cnc(NC(=O)c3cccc(S(C)(=O)=O)c3)s2)cc1Cl. The van der Waals surface area contributed by atoms with Crippen LogP contribution in [0.25, 0.3) is 0 Å². The number of carbonyl (C=O) groups is 1. The highest BCUT2D eigenvalue weighted by molar-refractivity contribution is 7.90. The number of sulfone groups is 1. The van der Waals surface area contributed by atoms with E-state index in [1.165, 1.54) is 23.5 Å². The maximum Gasteiger partial charge on any atom is 0.257 e. The molecule has 1 N–H and O–H groups in total. The van der Waals surface area contributed by atoms with Gasteiger partial charge in [-0.05, 0) is 42.3 Å². The first kappa shape index (κ1) is 19.5. The predicted octanol–water partition coefficient (Wildman–Crippen LogP) is 4.35. The zero-order valence-electron chi connectivity index (χ0n) is 14.7. The van der Waals surface area contributed by atoms with Crippen LogP contribution in [-0.2, 0) is 16.3 Å². The third-order valence-electron chi connectivity index (χ3n) is 3.91. The van der Waals surface area contributed by atoms with E-state index in [1.54, 1.807) is 18.3 Å². The third-order valence-corrected chi connectivity index (χ3v) is 6.34. The van der Waals surface area contributed by atoms with E-state index in [1.807, 2.05) is 25.1 Å². The molecule has 1 amide bonds. The number of hydrogen-bond donors (Lipinski definition) is 1. The lowest BCUT2D eigenvalue weighted by molar-refractivity contribution is 0.102. The fourth-order valence-electron chi connectivity index (χ4n) is 2.43. The lowest BCUT2D eigenvalue weighted by atomic mass is 10.1. The van der Waals surface area contributed by atoms with E-state index < -0.39 is 15.7 Å². The van der Waals surface area contributed by atoms with Gasteiger partial charge in [-0.2, -0.15) is 0 Å². The molecule has 0 saturated carbocycles. The normalized spacial score (nSPS) is 11.4. The molecule has 2 aromatic carbocycles. The molecule has 0 saturated heterocycles. The maximum absolute atomic E-state index is 12.4. The first-order valence-electron chi connectivity index (χ1n) is 8.03. The molecule has 0 fully saturated rings. The van der Waals surface area contributed by atoms with Crippen molar-refractivity contribution in [2.45, 2.75) is 18.2 Å². The van der Waals surface area contributed by atoms with Gasteiger partial charge in [0.15, 0.2) is 15.0 Å². The summed E-state index contributed by atoms with van der Waals surface area (Å²) in [5.41, 5.74) is 2.35. The second kappa shape index (κ2) is 7.80. The summed E-state index contributed by atoms with van der Waals surface area (Å²) in [4.78, 5) is 17.7. The zero-order chi connectivity index (χ0) is 19.6. The van der Waals surface area contributed by atoms with Crippen LogP contribution in [0.1, 0.15) is 26.4 Å². The predicted molar refractivity (Wildman–Crippen MR) is 109 cm³/mol. The smallest absolute Gasteiger partial charge is 0.257 e. The second-order valence-corrected chi connectivity index (χ2v) is 9.68. The molecule has 0 spiro atoms. The summed E-state index contributed by atoms with van der Waals surface area (Å²) in [6.07, 6.45) is 3.48. The topological polar surface area (TPSA) is 76.1 Å². The molecule has 0 aliphatic rings. The molecular formula is C19H17ClN2O3S2. The maximum atomic E-state index is 12.4. The van der Waals surface area contributed by atoms with Gasteiger partial charge in [0.2, 0.25) is 0 Å². The van der Waals surface area contributed by atoms with Crippen LogP contribution in [0.4, 0.5) is 5.13 Å². The van der Waals surface area contributed by atoms with Crippen LogP contribution in [0.2, 0.25) is 5.02 Å². The molecule has 0 aliphatic carbocycles. The summed E-state index contributed by atoms with van der Waals surface area (Å²) in [6.45, 7) is 1.95. The van der Waals surface area contributed by atoms with Gasteiger partial charge in [0.25, 0.3) is 5.91 Å². The van der Waals surface area contributed by atoms with Crippen molar-refractivity contribution in [1.82, 2.24) is 4.98 Å². The Morgan fingerprint density at radius 2 is 2.00 bits per heavy atom. The van der Waals surface area contributed by atoms with E-state index in [0.29, 0.717) is 11.6 Å². The summed E-state index contributed by atoms with van der Waals surface area (Å²) < 4.78 is 23.3. The average Bonchev–Trinajstić information content (AvgIpc) is 3.04. The molecule has 0 atom stereocenters. The summed E-state index contributed by atoms with van der Waals surface area (Å²) >= 11 is 7.52. The van der Waals surface area contributed by atoms with Crippen molar-refractivity contribution >= 4 is 43.8 Å². The number of aromatic nitrogens is 1. The number of benzene rings is 2. The Hall–Kier alpha value is -2.22. The molecule has 8 heteroatoms. The van der Waals surface area contributed by atoms with Gasteiger partial charge in [0.1, 0.15) is 0 Å². The van der Waals surface area contributed by atoms with E-state index in [0.717, 1.165) is 27.3 Å². The van der Waals surface area contributed by atoms with Gasteiger partial charge in [0, 0.05) is 34.3 Å². The molecule has 27 heavy (non-hydrogen) atoms. The summed E-state index contributed by atoms with van der Waals surface area (Å²) in [5, 5.41) is 3.89. The number of rotatable bonds is 5. The number of carbonyl (C=O) groups excluding carboxylic acids is 1. The second-order valence-electron chi connectivity index (χ2n) is 6.15. The van der Waals surface area contributed by atoms with Crippen molar-refractivity contribution in [2.75, 3.05) is 11.6 Å². The van der Waals surface area contributed by atoms with Crippen LogP contribution in [0.15, 0.2) is 53.6 Å². The highest BCUT2D eigenvalue weighted by atomic mass is 35.5. The number of nitrogens with zero attached hydrogens (tertiary/aromatic N) is 1. The molecule has 3 rings (SSSR count). The van der Waals surface area contributed by atoms with Gasteiger partial charge in [0.05, 0.1) is 4.90 Å². The molecule has 0 radical (unpaired) electrons. The van der Waals surface area contributed by atoms with Crippen LogP contribution in [0.5, 0.6) is 0 Å². The largest absolute Gasteiger partial charge is 0.298 e. The minimum atomic E-state index is -3.37. The van der Waals surface area contributed by atoms with Gasteiger partial charge >= 0.3 is 0 Å². The van der Waals surface area contributed by atoms with Crippen LogP contribution >= 0.6 is 22.9 Å². The standard InChI is InChI=1S/C19H17ClN2O3S2/c1-12-6-7-13(9-17(12)20)8-15-11-21-19(26-15)22-18(23)14-4-3-5-16(10-14)27(2,24)25/h3-7,9-11H,8H2,1-2H3,(H,21,22,23). The zero-order valence-corrected chi connectivity index (χ0v) is 17.1. The van der Waals surface area contributed by atoms with Crippen molar-refractivity contribution in [3.8, 4) is 0 Å². The average molecular weight is 421 g/mol. The lowest BCUT2D eigenvalue weighted by Gasteiger charge is -2.04. The van der Waals surface area contributed by atoms with Crippen LogP contribution < -0.4 is 5.32 Å². The van der Waals surface area contributed by atoms with E-state index in [9.17, 15) is 13.2 Å². The Balaban J connectivity index is 1.72. The Kier molecular flexibility index (Phi) is 5.64. The van der Waals surface area contributed by atoms with Crippen molar-refractivity contribution in [1.29, 1.82) is 0 Å². The van der Waals surface area contributed by atoms with Crippen molar-refractivity contribution in [3.63, 3.8) is 0 Å². The molecule has 5 nitrogen and oxygen atoms in total. The third kappa shape index (κ3) is 4.94. The van der Waals surface area contributed by atoms with Gasteiger partial charge in [-0.1, -0.05) is 29.8 Å². The first-order chi connectivity index (χ1) is 12.7. The Bertz CT molecular complexity index is 1110. The highest BCUT2D eigenvalue weighted by Gasteiger charge is 2.13. The van der Waals surface area contributed by atoms with E-state index in [4.69, 9.17) is 11.6 Å². The van der Waals surface area contributed by atoms with Gasteiger partial charge < -0.3 is 0 Å². The number of anilines is 1. The monoisotopic (exact) mass is 420 g/mol. The fraction of sp³-hybridized carbons (Fsp3) is 0.158. The van der Waals surface area contributed by atoms with Crippen LogP contribution in [0.3, 0.4) is 0 Å². The molecule has 1 aromatic heterocycles. The van der Waals surface area contributed by atoms with E-state index in [-0.39, 0.29) is 10.5 Å². The highest BCUT2D eigenvalue weighted by Crippen LogP contribution is 2.24. The molecule has 140 valence electrons. The van der Waals surface area contributed by atoms with Crippen molar-refractivity contribution < 1.29 is 13.2 Å². The number of nitrogens with one attached hydrogen (secondary N) is 1. The van der Waals surface area contributed by atoms with Gasteiger partial charge in [-0.25, -0.2) is 13.4 Å². The van der Waals surface area contributed by atoms with E-state index in [2.05, 4.69) is 10.3 Å². The Labute approximate surface area is 167 Å². The first-order valence-corrected chi connectivity index (χ1v) is 11.1. The van der Waals surface area contributed by atoms with E-state index >= 15 is 0 Å². The summed E-state index contributed by atoms with van der Waals surface area (Å²) in [6, 6.07) is 11.8. The summed E-state index contributed by atoms with van der Waals surface area (Å²) in [7, 11) is -3.37. The van der Waals surface area contributed by atoms with Gasteiger partial charge in [-0.15, -0.1) is 11.3 Å². The molecule has 0 bridgehead atoms. The number of thiazole rings is 1. The summed E-state index contributed by atoms with van der Waals surface area (Å²) in [5.74, 6) is -0.403. The quantitative estimate of drug-likeness (QED) is 0.665. The molecule has 1 heterocycles.